The van der Waals surface area contributed by atoms with E-state index in [0.29, 0.717) is 19.1 Å². The quantitative estimate of drug-likeness (QED) is 0.854. The van der Waals surface area contributed by atoms with Crippen LogP contribution in [0.2, 0.25) is 0 Å². The van der Waals surface area contributed by atoms with E-state index in [-0.39, 0.29) is 24.0 Å². The van der Waals surface area contributed by atoms with Gasteiger partial charge in [-0.05, 0) is 26.7 Å². The van der Waals surface area contributed by atoms with Crippen molar-refractivity contribution in [2.75, 3.05) is 26.2 Å². The lowest BCUT2D eigenvalue weighted by atomic mass is 10.0. The van der Waals surface area contributed by atoms with E-state index in [1.54, 1.807) is 6.33 Å². The smallest absolute Gasteiger partial charge is 0.317 e. The summed E-state index contributed by atoms with van der Waals surface area (Å²) in [4.78, 5) is 21.3. The van der Waals surface area contributed by atoms with E-state index in [9.17, 15) is 4.79 Å². The van der Waals surface area contributed by atoms with Crippen LogP contribution in [-0.2, 0) is 7.05 Å². The van der Waals surface area contributed by atoms with Crippen molar-refractivity contribution < 1.29 is 4.79 Å². The number of imidazole rings is 1. The van der Waals surface area contributed by atoms with Crippen LogP contribution in [0.25, 0.3) is 0 Å². The van der Waals surface area contributed by atoms with E-state index in [1.165, 1.54) is 0 Å². The molecule has 134 valence electrons. The van der Waals surface area contributed by atoms with Crippen molar-refractivity contribution in [2.24, 2.45) is 12.8 Å². The van der Waals surface area contributed by atoms with Gasteiger partial charge in [-0.2, -0.15) is 0 Å². The largest absolute Gasteiger partial charge is 0.340 e. The third-order valence-corrected chi connectivity index (χ3v) is 5.34. The van der Waals surface area contributed by atoms with Crippen LogP contribution < -0.4 is 11.1 Å². The molecule has 0 saturated carbocycles. The number of urea groups is 1. The molecule has 0 unspecified atom stereocenters. The third-order valence-electron chi connectivity index (χ3n) is 5.34. The maximum atomic E-state index is 12.6. The number of piperidine rings is 1. The van der Waals surface area contributed by atoms with Crippen LogP contribution in [0.5, 0.6) is 0 Å². The second kappa shape index (κ2) is 7.11. The van der Waals surface area contributed by atoms with Crippen molar-refractivity contribution in [1.29, 1.82) is 0 Å². The van der Waals surface area contributed by atoms with Crippen LogP contribution in [0.1, 0.15) is 38.3 Å². The molecular formula is C17H30N6O. The van der Waals surface area contributed by atoms with Crippen LogP contribution in [0, 0.1) is 0 Å². The number of rotatable bonds is 3. The molecule has 2 aliphatic rings. The standard InChI is InChI=1S/C17H30N6O/c1-12(2)22-6-4-13(5-7-22)20-17(24)23-8-14(15(18)9-23)16-10-21(3)11-19-16/h10-15H,4-9,18H2,1-3H3,(H,20,24)/t14-,15-/m1/s1. The first-order valence-corrected chi connectivity index (χ1v) is 8.97. The second-order valence-electron chi connectivity index (χ2n) is 7.49. The number of likely N-dealkylation sites (tertiary alicyclic amines) is 2. The van der Waals surface area contributed by atoms with Crippen molar-refractivity contribution in [3.8, 4) is 0 Å². The highest BCUT2D eigenvalue weighted by Crippen LogP contribution is 2.25. The van der Waals surface area contributed by atoms with Crippen LogP contribution >= 0.6 is 0 Å². The molecule has 0 spiro atoms. The Hall–Kier alpha value is -1.60. The molecule has 0 radical (unpaired) electrons. The number of hydrogen-bond acceptors (Lipinski definition) is 4. The van der Waals surface area contributed by atoms with Crippen molar-refractivity contribution in [3.63, 3.8) is 0 Å². The summed E-state index contributed by atoms with van der Waals surface area (Å²) in [6, 6.07) is 0.829. The van der Waals surface area contributed by atoms with Gasteiger partial charge in [0, 0.05) is 63.5 Å². The van der Waals surface area contributed by atoms with Gasteiger partial charge in [-0.3, -0.25) is 0 Å². The predicted molar refractivity (Wildman–Crippen MR) is 93.8 cm³/mol. The van der Waals surface area contributed by atoms with Gasteiger partial charge in [0.15, 0.2) is 0 Å². The summed E-state index contributed by atoms with van der Waals surface area (Å²) in [5, 5.41) is 3.20. The number of nitrogens with one attached hydrogen (secondary N) is 1. The highest BCUT2D eigenvalue weighted by Gasteiger charge is 2.36. The lowest BCUT2D eigenvalue weighted by Crippen LogP contribution is -2.50. The Morgan fingerprint density at radius 3 is 2.62 bits per heavy atom. The van der Waals surface area contributed by atoms with E-state index in [1.807, 2.05) is 22.7 Å². The van der Waals surface area contributed by atoms with Gasteiger partial charge in [0.2, 0.25) is 0 Å². The summed E-state index contributed by atoms with van der Waals surface area (Å²) in [5.41, 5.74) is 7.23. The number of hydrogen-bond donors (Lipinski definition) is 2. The number of nitrogens with zero attached hydrogens (tertiary/aromatic N) is 4. The van der Waals surface area contributed by atoms with E-state index in [2.05, 4.69) is 29.0 Å². The molecule has 3 heterocycles. The molecule has 2 aliphatic heterocycles. The molecule has 7 heteroatoms. The minimum absolute atomic E-state index is 0.0203. The summed E-state index contributed by atoms with van der Waals surface area (Å²) in [6.45, 7) is 7.80. The molecule has 24 heavy (non-hydrogen) atoms. The number of nitrogens with two attached hydrogens (primary N) is 1. The van der Waals surface area contributed by atoms with Crippen LogP contribution in [0.15, 0.2) is 12.5 Å². The average molecular weight is 334 g/mol. The lowest BCUT2D eigenvalue weighted by molar-refractivity contribution is 0.154. The molecule has 2 amide bonds. The molecule has 2 saturated heterocycles. The molecule has 0 aliphatic carbocycles. The van der Waals surface area contributed by atoms with Crippen molar-refractivity contribution >= 4 is 6.03 Å². The lowest BCUT2D eigenvalue weighted by Gasteiger charge is -2.35. The SMILES string of the molecule is CC(C)N1CCC(NC(=O)N2C[C@@H](N)[C@H](c3cn(C)cn3)C2)CC1. The van der Waals surface area contributed by atoms with E-state index >= 15 is 0 Å². The molecule has 0 aromatic carbocycles. The second-order valence-corrected chi connectivity index (χ2v) is 7.49. The fourth-order valence-electron chi connectivity index (χ4n) is 3.76. The van der Waals surface area contributed by atoms with Gasteiger partial charge in [0.1, 0.15) is 0 Å². The van der Waals surface area contributed by atoms with Gasteiger partial charge in [-0.15, -0.1) is 0 Å². The van der Waals surface area contributed by atoms with Crippen LogP contribution in [0.4, 0.5) is 4.79 Å². The zero-order valence-corrected chi connectivity index (χ0v) is 15.0. The topological polar surface area (TPSA) is 79.4 Å². The number of amides is 2. The van der Waals surface area contributed by atoms with Crippen molar-refractivity contribution in [1.82, 2.24) is 24.7 Å². The Balaban J connectivity index is 1.51. The molecule has 2 fully saturated rings. The summed E-state index contributed by atoms with van der Waals surface area (Å²) in [5.74, 6) is 0.125. The number of carbonyl (C=O) groups is 1. The molecule has 7 nitrogen and oxygen atoms in total. The molecule has 1 aromatic heterocycles. The van der Waals surface area contributed by atoms with Gasteiger partial charge in [-0.1, -0.05) is 0 Å². The summed E-state index contributed by atoms with van der Waals surface area (Å²) in [7, 11) is 1.95. The molecule has 0 bridgehead atoms. The Bertz CT molecular complexity index is 563. The first-order chi connectivity index (χ1) is 11.4. The maximum Gasteiger partial charge on any atom is 0.317 e. The Kier molecular flexibility index (Phi) is 5.10. The molecular weight excluding hydrogens is 304 g/mol. The predicted octanol–water partition coefficient (Wildman–Crippen LogP) is 0.729. The number of aromatic nitrogens is 2. The zero-order chi connectivity index (χ0) is 17.3. The van der Waals surface area contributed by atoms with Gasteiger partial charge < -0.3 is 25.4 Å². The fourth-order valence-corrected chi connectivity index (χ4v) is 3.76. The molecule has 3 N–H and O–H groups in total. The number of carbonyl (C=O) groups excluding carboxylic acids is 1. The van der Waals surface area contributed by atoms with E-state index in [0.717, 1.165) is 31.6 Å². The van der Waals surface area contributed by atoms with Crippen molar-refractivity contribution in [3.05, 3.63) is 18.2 Å². The first-order valence-electron chi connectivity index (χ1n) is 8.97. The van der Waals surface area contributed by atoms with E-state index in [4.69, 9.17) is 5.73 Å². The zero-order valence-electron chi connectivity index (χ0n) is 15.0. The Morgan fingerprint density at radius 1 is 1.33 bits per heavy atom. The Morgan fingerprint density at radius 2 is 2.04 bits per heavy atom. The normalized spacial score (nSPS) is 26.3. The van der Waals surface area contributed by atoms with E-state index < -0.39 is 0 Å². The number of aryl methyl sites for hydroxylation is 1. The highest BCUT2D eigenvalue weighted by atomic mass is 16.2. The molecule has 2 atom stereocenters. The molecule has 3 rings (SSSR count). The van der Waals surface area contributed by atoms with Crippen LogP contribution in [0.3, 0.4) is 0 Å². The Labute approximate surface area is 144 Å². The minimum Gasteiger partial charge on any atom is -0.340 e. The summed E-state index contributed by atoms with van der Waals surface area (Å²) in [6.07, 6.45) is 5.82. The molecule has 1 aromatic rings. The summed E-state index contributed by atoms with van der Waals surface area (Å²) < 4.78 is 1.92. The first kappa shape index (κ1) is 17.2. The average Bonchev–Trinajstić information content (AvgIpc) is 3.13. The van der Waals surface area contributed by atoms with Crippen LogP contribution in [-0.4, -0.2) is 69.7 Å². The highest BCUT2D eigenvalue weighted by molar-refractivity contribution is 5.75. The summed E-state index contributed by atoms with van der Waals surface area (Å²) >= 11 is 0. The van der Waals surface area contributed by atoms with Gasteiger partial charge in [0.25, 0.3) is 0 Å². The third kappa shape index (κ3) is 3.72. The van der Waals surface area contributed by atoms with Gasteiger partial charge in [0.05, 0.1) is 12.0 Å². The maximum absolute atomic E-state index is 12.6. The minimum atomic E-state index is -0.0477. The monoisotopic (exact) mass is 334 g/mol. The fraction of sp³-hybridized carbons (Fsp3) is 0.765. The van der Waals surface area contributed by atoms with Gasteiger partial charge >= 0.3 is 6.03 Å². The van der Waals surface area contributed by atoms with Gasteiger partial charge in [-0.25, -0.2) is 9.78 Å². The van der Waals surface area contributed by atoms with Crippen molar-refractivity contribution in [2.45, 2.75) is 50.7 Å².